The van der Waals surface area contributed by atoms with Crippen molar-refractivity contribution in [1.29, 1.82) is 0 Å². The van der Waals surface area contributed by atoms with Gasteiger partial charge in [-0.25, -0.2) is 0 Å². The molecule has 0 unspecified atom stereocenters. The number of ketones is 2. The molecule has 0 saturated heterocycles. The highest BCUT2D eigenvalue weighted by molar-refractivity contribution is 5.93. The van der Waals surface area contributed by atoms with Crippen LogP contribution < -0.4 is 0 Å². The fourth-order valence-corrected chi connectivity index (χ4v) is 6.46. The van der Waals surface area contributed by atoms with E-state index in [-0.39, 0.29) is 17.0 Å². The third-order valence-corrected chi connectivity index (χ3v) is 8.05. The second-order valence-corrected chi connectivity index (χ2v) is 9.11. The maximum Gasteiger partial charge on any atom is 0.161 e. The fraction of sp³-hybridized carbons (Fsp3) is 0.636. The van der Waals surface area contributed by atoms with Crippen LogP contribution in [0.15, 0.2) is 35.5 Å². The summed E-state index contributed by atoms with van der Waals surface area (Å²) >= 11 is 0. The average molecular weight is 340 g/mol. The number of hydrogen-bond acceptors (Lipinski definition) is 3. The van der Waals surface area contributed by atoms with E-state index < -0.39 is 11.0 Å². The molecule has 0 aromatic carbocycles. The van der Waals surface area contributed by atoms with Crippen LogP contribution in [-0.4, -0.2) is 22.3 Å². The number of fused-ring (bicyclic) bond motifs is 5. The second kappa shape index (κ2) is 5.03. The van der Waals surface area contributed by atoms with Crippen LogP contribution in [0.25, 0.3) is 0 Å². The molecule has 134 valence electrons. The minimum absolute atomic E-state index is 0.0981. The van der Waals surface area contributed by atoms with E-state index in [2.05, 4.69) is 26.5 Å². The first-order chi connectivity index (χ1) is 11.6. The zero-order chi connectivity index (χ0) is 18.2. The molecule has 4 aliphatic rings. The van der Waals surface area contributed by atoms with Crippen LogP contribution >= 0.6 is 0 Å². The van der Waals surface area contributed by atoms with Gasteiger partial charge in [0.15, 0.2) is 11.6 Å². The van der Waals surface area contributed by atoms with Gasteiger partial charge in [-0.1, -0.05) is 37.6 Å². The van der Waals surface area contributed by atoms with Crippen molar-refractivity contribution in [3.8, 4) is 0 Å². The molecule has 3 heteroatoms. The van der Waals surface area contributed by atoms with E-state index in [0.29, 0.717) is 24.7 Å². The molecule has 1 N–H and O–H groups in total. The molecule has 25 heavy (non-hydrogen) atoms. The Morgan fingerprint density at radius 3 is 2.72 bits per heavy atom. The smallest absolute Gasteiger partial charge is 0.161 e. The van der Waals surface area contributed by atoms with Gasteiger partial charge >= 0.3 is 0 Å². The van der Waals surface area contributed by atoms with Crippen molar-refractivity contribution >= 4 is 11.6 Å². The van der Waals surface area contributed by atoms with Gasteiger partial charge in [0.1, 0.15) is 5.60 Å². The van der Waals surface area contributed by atoms with Gasteiger partial charge in [-0.15, -0.1) is 0 Å². The van der Waals surface area contributed by atoms with E-state index in [1.165, 1.54) is 12.5 Å². The van der Waals surface area contributed by atoms with Gasteiger partial charge in [-0.05, 0) is 62.5 Å². The van der Waals surface area contributed by atoms with Crippen LogP contribution in [0.5, 0.6) is 0 Å². The molecule has 0 bridgehead atoms. The SMILES string of the molecule is C=C1C[C@@H]2C(=CC[C@@]3(C)[C@H]2CC[C@]3(O)C(C)=O)[C@@]2(C)CCC(=O)C=C12. The molecule has 4 rings (SSSR count). The van der Waals surface area contributed by atoms with Crippen LogP contribution in [-0.2, 0) is 9.59 Å². The minimum atomic E-state index is -1.21. The van der Waals surface area contributed by atoms with E-state index in [1.807, 2.05) is 6.08 Å². The molecule has 5 atom stereocenters. The zero-order valence-electron chi connectivity index (χ0n) is 15.5. The topological polar surface area (TPSA) is 54.4 Å². The maximum absolute atomic E-state index is 12.2. The summed E-state index contributed by atoms with van der Waals surface area (Å²) in [6.07, 6.45) is 8.57. The van der Waals surface area contributed by atoms with Gasteiger partial charge in [-0.3, -0.25) is 9.59 Å². The highest BCUT2D eigenvalue weighted by atomic mass is 16.3. The van der Waals surface area contributed by atoms with Crippen molar-refractivity contribution in [3.63, 3.8) is 0 Å². The standard InChI is InChI=1S/C22H28O3/c1-13-11-16-17(20(3)8-5-15(24)12-19(13)20)6-9-21(4)18(16)7-10-22(21,25)14(2)23/h6,12,16,18,25H,1,5,7-11H2,2-4H3/t16-,18+,20-,21+,22+/m1/s1. The predicted octanol–water partition coefficient (Wildman–Crippen LogP) is 3.92. The molecule has 2 saturated carbocycles. The Labute approximate surface area is 149 Å². The Balaban J connectivity index is 1.82. The normalized spacial score (nSPS) is 45.9. The molecule has 0 radical (unpaired) electrons. The molecule has 0 spiro atoms. The molecular formula is C22H28O3. The van der Waals surface area contributed by atoms with Crippen molar-refractivity contribution in [1.82, 2.24) is 0 Å². The van der Waals surface area contributed by atoms with Crippen molar-refractivity contribution in [2.24, 2.45) is 22.7 Å². The second-order valence-electron chi connectivity index (χ2n) is 9.11. The lowest BCUT2D eigenvalue weighted by Gasteiger charge is -2.54. The summed E-state index contributed by atoms with van der Waals surface area (Å²) < 4.78 is 0. The van der Waals surface area contributed by atoms with Crippen LogP contribution in [0.2, 0.25) is 0 Å². The third-order valence-electron chi connectivity index (χ3n) is 8.05. The summed E-state index contributed by atoms with van der Waals surface area (Å²) in [7, 11) is 0. The maximum atomic E-state index is 12.2. The Hall–Kier alpha value is -1.48. The number of aliphatic hydroxyl groups is 1. The number of rotatable bonds is 1. The molecule has 2 fully saturated rings. The lowest BCUT2D eigenvalue weighted by molar-refractivity contribution is -0.150. The molecule has 0 amide bonds. The highest BCUT2D eigenvalue weighted by Gasteiger charge is 2.63. The number of allylic oxidation sites excluding steroid dienone is 5. The highest BCUT2D eigenvalue weighted by Crippen LogP contribution is 2.66. The quantitative estimate of drug-likeness (QED) is 0.736. The number of carbonyl (C=O) groups excluding carboxylic acids is 2. The van der Waals surface area contributed by atoms with Crippen LogP contribution in [0, 0.1) is 22.7 Å². The Morgan fingerprint density at radius 2 is 2.04 bits per heavy atom. The third kappa shape index (κ3) is 1.96. The van der Waals surface area contributed by atoms with E-state index >= 15 is 0 Å². The lowest BCUT2D eigenvalue weighted by Crippen LogP contribution is -2.54. The first kappa shape index (κ1) is 17.0. The molecule has 4 aliphatic carbocycles. The first-order valence-corrected chi connectivity index (χ1v) is 9.50. The Morgan fingerprint density at radius 1 is 1.32 bits per heavy atom. The van der Waals surface area contributed by atoms with Gasteiger partial charge in [0.05, 0.1) is 0 Å². The van der Waals surface area contributed by atoms with Gasteiger partial charge in [-0.2, -0.15) is 0 Å². The van der Waals surface area contributed by atoms with Crippen molar-refractivity contribution < 1.29 is 14.7 Å². The minimum Gasteiger partial charge on any atom is -0.381 e. The van der Waals surface area contributed by atoms with Gasteiger partial charge in [0.25, 0.3) is 0 Å². The van der Waals surface area contributed by atoms with Crippen molar-refractivity contribution in [3.05, 3.63) is 35.5 Å². The van der Waals surface area contributed by atoms with E-state index in [4.69, 9.17) is 0 Å². The van der Waals surface area contributed by atoms with Crippen molar-refractivity contribution in [2.45, 2.75) is 64.9 Å². The average Bonchev–Trinajstić information content (AvgIpc) is 2.83. The summed E-state index contributed by atoms with van der Waals surface area (Å²) in [5, 5.41) is 11.2. The summed E-state index contributed by atoms with van der Waals surface area (Å²) in [6, 6.07) is 0. The number of carbonyl (C=O) groups is 2. The summed E-state index contributed by atoms with van der Waals surface area (Å²) in [6.45, 7) is 10.2. The van der Waals surface area contributed by atoms with Gasteiger partial charge in [0, 0.05) is 17.3 Å². The summed E-state index contributed by atoms with van der Waals surface area (Å²) in [4.78, 5) is 24.2. The lowest BCUT2D eigenvalue weighted by atomic mass is 9.50. The first-order valence-electron chi connectivity index (χ1n) is 9.50. The molecule has 0 aliphatic heterocycles. The monoisotopic (exact) mass is 340 g/mol. The van der Waals surface area contributed by atoms with Crippen molar-refractivity contribution in [2.75, 3.05) is 0 Å². The summed E-state index contributed by atoms with van der Waals surface area (Å²) in [5.41, 5.74) is 1.91. The molecular weight excluding hydrogens is 312 g/mol. The Bertz CT molecular complexity index is 757. The van der Waals surface area contributed by atoms with E-state index in [0.717, 1.165) is 36.8 Å². The van der Waals surface area contributed by atoms with Gasteiger partial charge in [0.2, 0.25) is 0 Å². The van der Waals surface area contributed by atoms with E-state index in [9.17, 15) is 14.7 Å². The predicted molar refractivity (Wildman–Crippen MR) is 96.8 cm³/mol. The molecule has 0 heterocycles. The van der Waals surface area contributed by atoms with Gasteiger partial charge < -0.3 is 5.11 Å². The van der Waals surface area contributed by atoms with E-state index in [1.54, 1.807) is 0 Å². The molecule has 0 aromatic heterocycles. The molecule has 0 aromatic rings. The Kier molecular flexibility index (Phi) is 3.41. The number of hydrogen-bond donors (Lipinski definition) is 1. The van der Waals surface area contributed by atoms with Crippen LogP contribution in [0.4, 0.5) is 0 Å². The largest absolute Gasteiger partial charge is 0.381 e. The van der Waals surface area contributed by atoms with Crippen LogP contribution in [0.1, 0.15) is 59.3 Å². The number of Topliss-reactive ketones (excluding diaryl/α,β-unsaturated/α-hetero) is 1. The zero-order valence-corrected chi connectivity index (χ0v) is 15.5. The molecule has 3 nitrogen and oxygen atoms in total. The fourth-order valence-electron chi connectivity index (χ4n) is 6.46. The van der Waals surface area contributed by atoms with Crippen LogP contribution in [0.3, 0.4) is 0 Å². The summed E-state index contributed by atoms with van der Waals surface area (Å²) in [5.74, 6) is 0.739.